The molecule has 1 aromatic carbocycles. The number of piperidine rings is 1. The molecular formula is C19H24N2O3S2. The van der Waals surface area contributed by atoms with E-state index in [0.717, 1.165) is 31.4 Å². The van der Waals surface area contributed by atoms with E-state index in [1.54, 1.807) is 31.2 Å². The van der Waals surface area contributed by atoms with Crippen molar-refractivity contribution in [1.82, 2.24) is 4.90 Å². The highest BCUT2D eigenvalue weighted by atomic mass is 32.2. The minimum absolute atomic E-state index is 0.0145. The van der Waals surface area contributed by atoms with Gasteiger partial charge in [-0.05, 0) is 69.4 Å². The van der Waals surface area contributed by atoms with E-state index in [1.807, 2.05) is 17.9 Å². The number of hydrogen-bond donors (Lipinski definition) is 1. The molecule has 1 atom stereocenters. The third kappa shape index (κ3) is 3.94. The Morgan fingerprint density at radius 2 is 1.96 bits per heavy atom. The second kappa shape index (κ2) is 7.40. The van der Waals surface area contributed by atoms with Crippen LogP contribution in [0.3, 0.4) is 0 Å². The summed E-state index contributed by atoms with van der Waals surface area (Å²) in [5, 5.41) is 0.457. The number of sulfonamides is 1. The van der Waals surface area contributed by atoms with Crippen molar-refractivity contribution >= 4 is 32.3 Å². The molecule has 2 heterocycles. The number of benzene rings is 1. The first-order valence-electron chi connectivity index (χ1n) is 8.79. The Bertz CT molecular complexity index is 919. The fourth-order valence-corrected chi connectivity index (χ4v) is 5.72. The van der Waals surface area contributed by atoms with E-state index in [4.69, 9.17) is 0 Å². The zero-order valence-corrected chi connectivity index (χ0v) is 16.9. The molecule has 1 aliphatic rings. The first-order chi connectivity index (χ1) is 12.3. The minimum Gasteiger partial charge on any atom is -0.335 e. The zero-order valence-electron chi connectivity index (χ0n) is 15.3. The van der Waals surface area contributed by atoms with E-state index in [1.165, 1.54) is 11.3 Å². The van der Waals surface area contributed by atoms with Gasteiger partial charge in [0.2, 0.25) is 0 Å². The summed E-state index contributed by atoms with van der Waals surface area (Å²) < 4.78 is 28.0. The topological polar surface area (TPSA) is 66.5 Å². The van der Waals surface area contributed by atoms with Gasteiger partial charge in [0.1, 0.15) is 5.00 Å². The van der Waals surface area contributed by atoms with Gasteiger partial charge in [0.05, 0.1) is 9.77 Å². The number of nitrogens with zero attached hydrogens (tertiary/aromatic N) is 1. The average molecular weight is 393 g/mol. The van der Waals surface area contributed by atoms with Crippen molar-refractivity contribution in [3.05, 3.63) is 46.3 Å². The largest absolute Gasteiger partial charge is 0.335 e. The SMILES string of the molecule is Cc1ccc(C)c(S(=O)(=O)Nc2ccc(C(=O)N3CCCC[C@H]3C)s2)c1. The van der Waals surface area contributed by atoms with Gasteiger partial charge in [-0.15, -0.1) is 11.3 Å². The molecule has 26 heavy (non-hydrogen) atoms. The van der Waals surface area contributed by atoms with Crippen molar-refractivity contribution in [3.63, 3.8) is 0 Å². The first kappa shape index (κ1) is 18.9. The molecule has 3 rings (SSSR count). The van der Waals surface area contributed by atoms with E-state index >= 15 is 0 Å². The predicted octanol–water partition coefficient (Wildman–Crippen LogP) is 4.18. The van der Waals surface area contributed by atoms with Gasteiger partial charge in [-0.2, -0.15) is 0 Å². The van der Waals surface area contributed by atoms with Crippen molar-refractivity contribution in [3.8, 4) is 0 Å². The van der Waals surface area contributed by atoms with Crippen LogP contribution in [0.5, 0.6) is 0 Å². The molecule has 140 valence electrons. The molecule has 0 spiro atoms. The highest BCUT2D eigenvalue weighted by molar-refractivity contribution is 7.93. The van der Waals surface area contributed by atoms with Crippen LogP contribution in [0.15, 0.2) is 35.2 Å². The Balaban J connectivity index is 1.79. The maximum absolute atomic E-state index is 12.7. The van der Waals surface area contributed by atoms with Crippen molar-refractivity contribution in [2.75, 3.05) is 11.3 Å². The van der Waals surface area contributed by atoms with Crippen LogP contribution in [0, 0.1) is 13.8 Å². The van der Waals surface area contributed by atoms with Gasteiger partial charge in [-0.1, -0.05) is 12.1 Å². The fraction of sp³-hybridized carbons (Fsp3) is 0.421. The van der Waals surface area contributed by atoms with Crippen molar-refractivity contribution in [2.45, 2.75) is 51.0 Å². The second-order valence-electron chi connectivity index (χ2n) is 6.88. The van der Waals surface area contributed by atoms with E-state index in [-0.39, 0.29) is 16.8 Å². The van der Waals surface area contributed by atoms with Crippen LogP contribution in [-0.2, 0) is 10.0 Å². The number of nitrogens with one attached hydrogen (secondary N) is 1. The molecule has 1 fully saturated rings. The summed E-state index contributed by atoms with van der Waals surface area (Å²) in [6, 6.07) is 8.94. The Kier molecular flexibility index (Phi) is 5.39. The lowest BCUT2D eigenvalue weighted by atomic mass is 10.0. The number of amides is 1. The summed E-state index contributed by atoms with van der Waals surface area (Å²) in [5.41, 5.74) is 1.58. The summed E-state index contributed by atoms with van der Waals surface area (Å²) in [7, 11) is -3.68. The molecule has 1 aliphatic heterocycles. The van der Waals surface area contributed by atoms with Crippen LogP contribution in [0.1, 0.15) is 47.0 Å². The van der Waals surface area contributed by atoms with Crippen LogP contribution in [-0.4, -0.2) is 31.8 Å². The number of rotatable bonds is 4. The lowest BCUT2D eigenvalue weighted by molar-refractivity contribution is 0.0640. The van der Waals surface area contributed by atoms with E-state index in [9.17, 15) is 13.2 Å². The molecule has 1 amide bonds. The van der Waals surface area contributed by atoms with Crippen molar-refractivity contribution < 1.29 is 13.2 Å². The Hall–Kier alpha value is -1.86. The van der Waals surface area contributed by atoms with Gasteiger partial charge < -0.3 is 4.90 Å². The summed E-state index contributed by atoms with van der Waals surface area (Å²) in [6.45, 7) is 6.46. The van der Waals surface area contributed by atoms with Gasteiger partial charge in [-0.3, -0.25) is 9.52 Å². The highest BCUT2D eigenvalue weighted by Gasteiger charge is 2.26. The third-order valence-electron chi connectivity index (χ3n) is 4.75. The number of carbonyl (C=O) groups excluding carboxylic acids is 1. The minimum atomic E-state index is -3.68. The van der Waals surface area contributed by atoms with Crippen LogP contribution < -0.4 is 4.72 Å². The molecule has 5 nitrogen and oxygen atoms in total. The second-order valence-corrected chi connectivity index (χ2v) is 9.62. The molecule has 1 N–H and O–H groups in total. The lowest BCUT2D eigenvalue weighted by Gasteiger charge is -2.33. The number of aryl methyl sites for hydroxylation is 2. The molecule has 0 aliphatic carbocycles. The number of hydrogen-bond acceptors (Lipinski definition) is 4. The first-order valence-corrected chi connectivity index (χ1v) is 11.1. The number of thiophene rings is 1. The average Bonchev–Trinajstić information content (AvgIpc) is 3.04. The van der Waals surface area contributed by atoms with E-state index < -0.39 is 10.0 Å². The summed E-state index contributed by atoms with van der Waals surface area (Å²) in [5.74, 6) is -0.0145. The third-order valence-corrected chi connectivity index (χ3v) is 7.37. The molecule has 0 radical (unpaired) electrons. The number of carbonyl (C=O) groups is 1. The molecule has 1 saturated heterocycles. The summed E-state index contributed by atoms with van der Waals surface area (Å²) in [4.78, 5) is 15.4. The summed E-state index contributed by atoms with van der Waals surface area (Å²) in [6.07, 6.45) is 3.19. The molecular weight excluding hydrogens is 368 g/mol. The Labute approximate surface area is 159 Å². The molecule has 0 unspecified atom stereocenters. The fourth-order valence-electron chi connectivity index (χ4n) is 3.23. The van der Waals surface area contributed by atoms with Crippen LogP contribution in [0.4, 0.5) is 5.00 Å². The maximum atomic E-state index is 12.7. The molecule has 0 saturated carbocycles. The van der Waals surface area contributed by atoms with Crippen LogP contribution in [0.25, 0.3) is 0 Å². The molecule has 7 heteroatoms. The lowest BCUT2D eigenvalue weighted by Crippen LogP contribution is -2.41. The monoisotopic (exact) mass is 392 g/mol. The van der Waals surface area contributed by atoms with Crippen LogP contribution >= 0.6 is 11.3 Å². The highest BCUT2D eigenvalue weighted by Crippen LogP contribution is 2.29. The molecule has 2 aromatic rings. The summed E-state index contributed by atoms with van der Waals surface area (Å²) >= 11 is 1.19. The zero-order chi connectivity index (χ0) is 18.9. The van der Waals surface area contributed by atoms with Crippen LogP contribution in [0.2, 0.25) is 0 Å². The molecule has 1 aromatic heterocycles. The van der Waals surface area contributed by atoms with E-state index in [2.05, 4.69) is 11.6 Å². The normalized spacial score (nSPS) is 18.0. The Morgan fingerprint density at radius 3 is 2.69 bits per heavy atom. The smallest absolute Gasteiger partial charge is 0.264 e. The maximum Gasteiger partial charge on any atom is 0.264 e. The van der Waals surface area contributed by atoms with Crippen molar-refractivity contribution in [2.24, 2.45) is 0 Å². The predicted molar refractivity (Wildman–Crippen MR) is 105 cm³/mol. The van der Waals surface area contributed by atoms with Gasteiger partial charge in [0.15, 0.2) is 0 Å². The van der Waals surface area contributed by atoms with Gasteiger partial charge >= 0.3 is 0 Å². The molecule has 0 bridgehead atoms. The number of likely N-dealkylation sites (tertiary alicyclic amines) is 1. The van der Waals surface area contributed by atoms with Gasteiger partial charge in [-0.25, -0.2) is 8.42 Å². The Morgan fingerprint density at radius 1 is 1.19 bits per heavy atom. The van der Waals surface area contributed by atoms with E-state index in [0.29, 0.717) is 15.4 Å². The van der Waals surface area contributed by atoms with Crippen molar-refractivity contribution in [1.29, 1.82) is 0 Å². The standard InChI is InChI=1S/C19H24N2O3S2/c1-13-7-8-14(2)17(12-13)26(23,24)20-18-10-9-16(25-18)19(22)21-11-5-4-6-15(21)3/h7-10,12,15,20H,4-6,11H2,1-3H3/t15-/m1/s1. The quantitative estimate of drug-likeness (QED) is 0.849. The number of anilines is 1. The van der Waals surface area contributed by atoms with Gasteiger partial charge in [0, 0.05) is 12.6 Å². The van der Waals surface area contributed by atoms with Gasteiger partial charge in [0.25, 0.3) is 15.9 Å².